The first-order valence-electron chi connectivity index (χ1n) is 8.84. The number of rotatable bonds is 2. The molecule has 1 atom stereocenters. The highest BCUT2D eigenvalue weighted by molar-refractivity contribution is 5.95. The zero-order chi connectivity index (χ0) is 18.3. The van der Waals surface area contributed by atoms with Gasteiger partial charge in [-0.3, -0.25) is 4.79 Å². The molecule has 1 aliphatic heterocycles. The Kier molecular flexibility index (Phi) is 4.11. The normalized spacial score (nSPS) is 16.4. The van der Waals surface area contributed by atoms with Crippen molar-refractivity contribution in [3.8, 4) is 0 Å². The molecule has 3 nitrogen and oxygen atoms in total. The summed E-state index contributed by atoms with van der Waals surface area (Å²) in [7, 11) is 0. The third kappa shape index (κ3) is 2.71. The van der Waals surface area contributed by atoms with E-state index in [0.29, 0.717) is 17.7 Å². The fourth-order valence-electron chi connectivity index (χ4n) is 3.77. The molecule has 4 heteroatoms. The van der Waals surface area contributed by atoms with E-state index < -0.39 is 0 Å². The zero-order valence-corrected chi connectivity index (χ0v) is 14.9. The summed E-state index contributed by atoms with van der Waals surface area (Å²) in [5.74, 6) is -0.349. The average Bonchev–Trinajstić information content (AvgIpc) is 3.12. The fraction of sp³-hybridized carbons (Fsp3) is 0.227. The van der Waals surface area contributed by atoms with Gasteiger partial charge in [0.15, 0.2) is 0 Å². The summed E-state index contributed by atoms with van der Waals surface area (Å²) < 4.78 is 15.8. The van der Waals surface area contributed by atoms with Gasteiger partial charge in [0.1, 0.15) is 5.82 Å². The van der Waals surface area contributed by atoms with Crippen molar-refractivity contribution in [2.24, 2.45) is 0 Å². The van der Waals surface area contributed by atoms with Crippen LogP contribution in [0.25, 0.3) is 0 Å². The number of benzene rings is 2. The lowest BCUT2D eigenvalue weighted by molar-refractivity contribution is 0.0663. The van der Waals surface area contributed by atoms with Gasteiger partial charge in [-0.2, -0.15) is 0 Å². The highest BCUT2D eigenvalue weighted by atomic mass is 19.1. The zero-order valence-electron chi connectivity index (χ0n) is 14.9. The third-order valence-corrected chi connectivity index (χ3v) is 5.19. The van der Waals surface area contributed by atoms with E-state index in [9.17, 15) is 9.18 Å². The monoisotopic (exact) mass is 348 g/mol. The van der Waals surface area contributed by atoms with Crippen LogP contribution in [0.15, 0.2) is 60.8 Å². The molecule has 4 rings (SSSR count). The Labute approximate surface area is 152 Å². The van der Waals surface area contributed by atoms with Crippen LogP contribution in [0.1, 0.15) is 38.8 Å². The molecule has 2 heterocycles. The molecule has 0 aliphatic carbocycles. The summed E-state index contributed by atoms with van der Waals surface area (Å²) in [5, 5.41) is 0. The van der Waals surface area contributed by atoms with Crippen molar-refractivity contribution in [3.63, 3.8) is 0 Å². The summed E-state index contributed by atoms with van der Waals surface area (Å²) in [5.41, 5.74) is 4.41. The second kappa shape index (κ2) is 6.45. The van der Waals surface area contributed by atoms with Crippen LogP contribution in [-0.4, -0.2) is 21.9 Å². The standard InChI is InChI=1S/C22H21FN2O/c1-15-6-3-4-7-18(15)21-20-8-5-11-24(20)12-13-25(21)22(26)17-9-10-19(23)16(2)14-17/h3-11,14,21H,12-13H2,1-2H3/t21-/m0/s1. The van der Waals surface area contributed by atoms with Gasteiger partial charge in [0.05, 0.1) is 6.04 Å². The minimum Gasteiger partial charge on any atom is -0.348 e. The molecule has 26 heavy (non-hydrogen) atoms. The summed E-state index contributed by atoms with van der Waals surface area (Å²) >= 11 is 0. The lowest BCUT2D eigenvalue weighted by Gasteiger charge is -2.38. The van der Waals surface area contributed by atoms with E-state index in [-0.39, 0.29) is 17.8 Å². The maximum Gasteiger partial charge on any atom is 0.254 e. The first-order valence-corrected chi connectivity index (χ1v) is 8.84. The molecule has 132 valence electrons. The van der Waals surface area contributed by atoms with E-state index in [1.165, 1.54) is 6.07 Å². The largest absolute Gasteiger partial charge is 0.348 e. The van der Waals surface area contributed by atoms with Crippen LogP contribution in [0.2, 0.25) is 0 Å². The molecule has 1 aromatic heterocycles. The topological polar surface area (TPSA) is 25.2 Å². The molecule has 0 bridgehead atoms. The van der Waals surface area contributed by atoms with Crippen molar-refractivity contribution in [2.75, 3.05) is 6.54 Å². The smallest absolute Gasteiger partial charge is 0.254 e. The van der Waals surface area contributed by atoms with Gasteiger partial charge < -0.3 is 9.47 Å². The quantitative estimate of drug-likeness (QED) is 0.670. The molecule has 0 spiro atoms. The van der Waals surface area contributed by atoms with E-state index in [1.807, 2.05) is 23.1 Å². The molecule has 1 amide bonds. The van der Waals surface area contributed by atoms with Crippen molar-refractivity contribution >= 4 is 5.91 Å². The molecule has 0 saturated carbocycles. The Balaban J connectivity index is 1.80. The molecule has 0 radical (unpaired) electrons. The number of hydrogen-bond donors (Lipinski definition) is 0. The predicted molar refractivity (Wildman–Crippen MR) is 99.6 cm³/mol. The first-order chi connectivity index (χ1) is 12.6. The minimum atomic E-state index is -0.287. The Morgan fingerprint density at radius 2 is 1.81 bits per heavy atom. The third-order valence-electron chi connectivity index (χ3n) is 5.19. The highest BCUT2D eigenvalue weighted by Crippen LogP contribution is 2.35. The second-order valence-electron chi connectivity index (χ2n) is 6.85. The van der Waals surface area contributed by atoms with Gasteiger partial charge in [0.2, 0.25) is 0 Å². The van der Waals surface area contributed by atoms with Crippen LogP contribution in [0.4, 0.5) is 4.39 Å². The second-order valence-corrected chi connectivity index (χ2v) is 6.85. The van der Waals surface area contributed by atoms with E-state index >= 15 is 0 Å². The number of nitrogens with zero attached hydrogens (tertiary/aromatic N) is 2. The molecule has 0 fully saturated rings. The molecule has 1 aliphatic rings. The number of fused-ring (bicyclic) bond motifs is 1. The van der Waals surface area contributed by atoms with Gasteiger partial charge in [-0.1, -0.05) is 24.3 Å². The van der Waals surface area contributed by atoms with Gasteiger partial charge in [-0.15, -0.1) is 0 Å². The number of carbonyl (C=O) groups is 1. The molecular weight excluding hydrogens is 327 g/mol. The van der Waals surface area contributed by atoms with E-state index in [0.717, 1.165) is 23.4 Å². The van der Waals surface area contributed by atoms with E-state index in [4.69, 9.17) is 0 Å². The van der Waals surface area contributed by atoms with Gasteiger partial charge in [0.25, 0.3) is 5.91 Å². The maximum absolute atomic E-state index is 13.6. The van der Waals surface area contributed by atoms with Gasteiger partial charge >= 0.3 is 0 Å². The summed E-state index contributed by atoms with van der Waals surface area (Å²) in [4.78, 5) is 15.2. The van der Waals surface area contributed by atoms with Crippen LogP contribution in [0.5, 0.6) is 0 Å². The van der Waals surface area contributed by atoms with Crippen LogP contribution < -0.4 is 0 Å². The lowest BCUT2D eigenvalue weighted by Crippen LogP contribution is -2.42. The van der Waals surface area contributed by atoms with Crippen molar-refractivity contribution in [2.45, 2.75) is 26.4 Å². The maximum atomic E-state index is 13.6. The molecular formula is C22H21FN2O. The van der Waals surface area contributed by atoms with E-state index in [2.05, 4.69) is 35.9 Å². The lowest BCUT2D eigenvalue weighted by atomic mass is 9.95. The number of amides is 1. The Morgan fingerprint density at radius 1 is 1.00 bits per heavy atom. The van der Waals surface area contributed by atoms with Crippen LogP contribution in [-0.2, 0) is 6.54 Å². The van der Waals surface area contributed by atoms with E-state index in [1.54, 1.807) is 19.1 Å². The molecule has 0 unspecified atom stereocenters. The van der Waals surface area contributed by atoms with Crippen molar-refractivity contribution in [1.29, 1.82) is 0 Å². The van der Waals surface area contributed by atoms with Crippen LogP contribution in [0, 0.1) is 19.7 Å². The van der Waals surface area contributed by atoms with Crippen molar-refractivity contribution in [3.05, 3.63) is 94.6 Å². The van der Waals surface area contributed by atoms with Crippen molar-refractivity contribution in [1.82, 2.24) is 9.47 Å². The number of aromatic nitrogens is 1. The molecule has 0 N–H and O–H groups in total. The highest BCUT2D eigenvalue weighted by Gasteiger charge is 2.33. The summed E-state index contributed by atoms with van der Waals surface area (Å²) in [6, 6.07) is 16.7. The first kappa shape index (κ1) is 16.6. The number of hydrogen-bond acceptors (Lipinski definition) is 1. The van der Waals surface area contributed by atoms with Crippen LogP contribution >= 0.6 is 0 Å². The minimum absolute atomic E-state index is 0.0613. The Hall–Kier alpha value is -2.88. The number of aryl methyl sites for hydroxylation is 2. The predicted octanol–water partition coefficient (Wildman–Crippen LogP) is 4.49. The number of halogens is 1. The fourth-order valence-corrected chi connectivity index (χ4v) is 3.77. The van der Waals surface area contributed by atoms with Gasteiger partial charge in [-0.25, -0.2) is 4.39 Å². The Bertz CT molecular complexity index is 976. The summed E-state index contributed by atoms with van der Waals surface area (Å²) in [6.07, 6.45) is 2.06. The van der Waals surface area contributed by atoms with Crippen LogP contribution in [0.3, 0.4) is 0 Å². The molecule has 2 aromatic carbocycles. The van der Waals surface area contributed by atoms with Crippen molar-refractivity contribution < 1.29 is 9.18 Å². The number of carbonyl (C=O) groups excluding carboxylic acids is 1. The molecule has 0 saturated heterocycles. The van der Waals surface area contributed by atoms with Gasteiger partial charge in [-0.05, 0) is 60.9 Å². The average molecular weight is 348 g/mol. The SMILES string of the molecule is Cc1cc(C(=O)N2CCn3cccc3[C@@H]2c2ccccc2C)ccc1F. The molecule has 3 aromatic rings. The summed E-state index contributed by atoms with van der Waals surface area (Å²) in [6.45, 7) is 5.14. The Morgan fingerprint density at radius 3 is 2.58 bits per heavy atom. The van der Waals surface area contributed by atoms with Gasteiger partial charge in [0, 0.05) is 30.5 Å².